The summed E-state index contributed by atoms with van der Waals surface area (Å²) >= 11 is 6.04. The highest BCUT2D eigenvalue weighted by Gasteiger charge is 2.42. The van der Waals surface area contributed by atoms with Crippen molar-refractivity contribution in [3.63, 3.8) is 0 Å². The van der Waals surface area contributed by atoms with E-state index in [1.165, 1.54) is 7.11 Å². The molecule has 0 N–H and O–H groups in total. The van der Waals surface area contributed by atoms with Gasteiger partial charge in [0.2, 0.25) is 5.76 Å². The van der Waals surface area contributed by atoms with Gasteiger partial charge in [0.25, 0.3) is 5.91 Å². The molecular formula is C22H21ClN2O4. The van der Waals surface area contributed by atoms with Crippen LogP contribution in [0.5, 0.6) is 5.75 Å². The Hall–Kier alpha value is -2.83. The van der Waals surface area contributed by atoms with Crippen LogP contribution < -0.4 is 10.2 Å². The molecule has 6 nitrogen and oxygen atoms in total. The van der Waals surface area contributed by atoms with Crippen molar-refractivity contribution in [2.45, 2.75) is 6.04 Å². The molecule has 1 amide bonds. The predicted molar refractivity (Wildman–Crippen MR) is 112 cm³/mol. The lowest BCUT2D eigenvalue weighted by Crippen LogP contribution is -2.35. The first-order chi connectivity index (χ1) is 13.9. The number of benzene rings is 2. The fourth-order valence-electron chi connectivity index (χ4n) is 3.66. The summed E-state index contributed by atoms with van der Waals surface area (Å²) in [7, 11) is 5.42. The molecular weight excluding hydrogens is 392 g/mol. The number of ether oxygens (including phenoxy) is 1. The van der Waals surface area contributed by atoms with Gasteiger partial charge in [-0.25, -0.2) is 0 Å². The molecule has 0 aliphatic carbocycles. The van der Waals surface area contributed by atoms with Gasteiger partial charge in [-0.1, -0.05) is 23.7 Å². The van der Waals surface area contributed by atoms with E-state index in [0.29, 0.717) is 40.4 Å². The summed E-state index contributed by atoms with van der Waals surface area (Å²) in [5.74, 6) is 0.364. The molecule has 0 radical (unpaired) electrons. The summed E-state index contributed by atoms with van der Waals surface area (Å²) in [6.45, 7) is 1.12. The lowest BCUT2D eigenvalue weighted by Gasteiger charge is -2.26. The average molecular weight is 413 g/mol. The van der Waals surface area contributed by atoms with Gasteiger partial charge in [0, 0.05) is 24.2 Å². The van der Waals surface area contributed by atoms with Crippen LogP contribution in [0.4, 0.5) is 0 Å². The van der Waals surface area contributed by atoms with Gasteiger partial charge in [0.05, 0.1) is 24.1 Å². The second-order valence-electron chi connectivity index (χ2n) is 7.29. The molecule has 0 saturated heterocycles. The van der Waals surface area contributed by atoms with Gasteiger partial charge >= 0.3 is 0 Å². The molecule has 1 aliphatic heterocycles. The molecule has 1 aromatic heterocycles. The maximum atomic E-state index is 13.4. The molecule has 29 heavy (non-hydrogen) atoms. The minimum absolute atomic E-state index is 0.0921. The zero-order chi connectivity index (χ0) is 20.7. The Morgan fingerprint density at radius 2 is 1.86 bits per heavy atom. The second kappa shape index (κ2) is 7.54. The predicted octanol–water partition coefficient (Wildman–Crippen LogP) is 3.56. The quantitative estimate of drug-likeness (QED) is 0.641. The minimum Gasteiger partial charge on any atom is -0.497 e. The number of carbonyl (C=O) groups is 1. The van der Waals surface area contributed by atoms with Crippen LogP contribution in [0.2, 0.25) is 5.02 Å². The van der Waals surface area contributed by atoms with Gasteiger partial charge in [0.1, 0.15) is 11.3 Å². The SMILES string of the molecule is COc1ccc2c(=O)c3c(oc2c1)C(=O)N(CCN(C)C)[C@@H]3c1ccc(Cl)cc1. The van der Waals surface area contributed by atoms with E-state index < -0.39 is 6.04 Å². The topological polar surface area (TPSA) is 63.0 Å². The zero-order valence-corrected chi connectivity index (χ0v) is 17.2. The van der Waals surface area contributed by atoms with Gasteiger partial charge in [0.15, 0.2) is 5.43 Å². The van der Waals surface area contributed by atoms with Crippen molar-refractivity contribution in [2.75, 3.05) is 34.3 Å². The third kappa shape index (κ3) is 3.39. The molecule has 150 valence electrons. The lowest BCUT2D eigenvalue weighted by molar-refractivity contribution is 0.0716. The van der Waals surface area contributed by atoms with Crippen LogP contribution in [0.15, 0.2) is 51.7 Å². The number of halogens is 1. The van der Waals surface area contributed by atoms with Crippen molar-refractivity contribution >= 4 is 28.5 Å². The monoisotopic (exact) mass is 412 g/mol. The molecule has 4 rings (SSSR count). The third-order valence-electron chi connectivity index (χ3n) is 5.15. The van der Waals surface area contributed by atoms with E-state index >= 15 is 0 Å². The molecule has 0 bridgehead atoms. The van der Waals surface area contributed by atoms with Crippen molar-refractivity contribution in [1.82, 2.24) is 9.80 Å². The first-order valence-corrected chi connectivity index (χ1v) is 9.64. The van der Waals surface area contributed by atoms with Crippen LogP contribution >= 0.6 is 11.6 Å². The maximum Gasteiger partial charge on any atom is 0.290 e. The number of likely N-dealkylation sites (N-methyl/N-ethyl adjacent to an activating group) is 1. The Morgan fingerprint density at radius 3 is 2.52 bits per heavy atom. The Kier molecular flexibility index (Phi) is 5.06. The summed E-state index contributed by atoms with van der Waals surface area (Å²) in [6.07, 6.45) is 0. The van der Waals surface area contributed by atoms with Crippen LogP contribution in [-0.2, 0) is 0 Å². The zero-order valence-electron chi connectivity index (χ0n) is 16.4. The molecule has 0 unspecified atom stereocenters. The summed E-state index contributed by atoms with van der Waals surface area (Å²) < 4.78 is 11.2. The number of amides is 1. The lowest BCUT2D eigenvalue weighted by atomic mass is 9.98. The highest BCUT2D eigenvalue weighted by atomic mass is 35.5. The van der Waals surface area contributed by atoms with Crippen molar-refractivity contribution in [2.24, 2.45) is 0 Å². The van der Waals surface area contributed by atoms with Gasteiger partial charge in [-0.2, -0.15) is 0 Å². The molecule has 7 heteroatoms. The summed E-state index contributed by atoms with van der Waals surface area (Å²) in [6, 6.07) is 11.7. The highest BCUT2D eigenvalue weighted by Crippen LogP contribution is 2.38. The average Bonchev–Trinajstić information content (AvgIpc) is 2.99. The standard InChI is InChI=1S/C22H21ClN2O4/c1-24(2)10-11-25-19(13-4-6-14(23)7-5-13)18-20(26)16-9-8-15(28-3)12-17(16)29-21(18)22(25)27/h4-9,12,19H,10-11H2,1-3H3/t19-/m1/s1. The summed E-state index contributed by atoms with van der Waals surface area (Å²) in [4.78, 5) is 30.3. The van der Waals surface area contributed by atoms with E-state index in [-0.39, 0.29) is 17.1 Å². The van der Waals surface area contributed by atoms with Crippen LogP contribution in [0, 0.1) is 0 Å². The maximum absolute atomic E-state index is 13.4. The van der Waals surface area contributed by atoms with Gasteiger partial charge in [-0.3, -0.25) is 9.59 Å². The van der Waals surface area contributed by atoms with E-state index in [0.717, 1.165) is 5.56 Å². The van der Waals surface area contributed by atoms with E-state index in [1.807, 2.05) is 31.1 Å². The Labute approximate surface area is 173 Å². The van der Waals surface area contributed by atoms with E-state index in [1.54, 1.807) is 35.2 Å². The molecule has 1 aliphatic rings. The number of hydrogen-bond donors (Lipinski definition) is 0. The Balaban J connectivity index is 1.92. The van der Waals surface area contributed by atoms with Crippen LogP contribution in [0.1, 0.15) is 27.7 Å². The van der Waals surface area contributed by atoms with Crippen molar-refractivity contribution in [1.29, 1.82) is 0 Å². The number of carbonyl (C=O) groups excluding carboxylic acids is 1. The fraction of sp³-hybridized carbons (Fsp3) is 0.273. The molecule has 0 spiro atoms. The summed E-state index contributed by atoms with van der Waals surface area (Å²) in [5.41, 5.74) is 1.32. The van der Waals surface area contributed by atoms with Crippen LogP contribution in [0.3, 0.4) is 0 Å². The molecule has 0 fully saturated rings. The van der Waals surface area contributed by atoms with Crippen LogP contribution in [0.25, 0.3) is 11.0 Å². The number of rotatable bonds is 5. The minimum atomic E-state index is -0.516. The largest absolute Gasteiger partial charge is 0.497 e. The summed E-state index contributed by atoms with van der Waals surface area (Å²) in [5, 5.41) is 1.02. The van der Waals surface area contributed by atoms with Gasteiger partial charge < -0.3 is 19.0 Å². The second-order valence-corrected chi connectivity index (χ2v) is 7.73. The number of nitrogens with zero attached hydrogens (tertiary/aromatic N) is 2. The van der Waals surface area contributed by atoms with Gasteiger partial charge in [-0.05, 0) is 43.9 Å². The van der Waals surface area contributed by atoms with E-state index in [4.69, 9.17) is 20.8 Å². The fourth-order valence-corrected chi connectivity index (χ4v) is 3.78. The van der Waals surface area contributed by atoms with Crippen molar-refractivity contribution < 1.29 is 13.9 Å². The van der Waals surface area contributed by atoms with Crippen LogP contribution in [-0.4, -0.2) is 50.0 Å². The molecule has 3 aromatic rings. The van der Waals surface area contributed by atoms with Crippen molar-refractivity contribution in [3.05, 3.63) is 74.6 Å². The van der Waals surface area contributed by atoms with Gasteiger partial charge in [-0.15, -0.1) is 0 Å². The highest BCUT2D eigenvalue weighted by molar-refractivity contribution is 6.30. The number of methoxy groups -OCH3 is 1. The first kappa shape index (κ1) is 19.5. The van der Waals surface area contributed by atoms with E-state index in [2.05, 4.69) is 0 Å². The third-order valence-corrected chi connectivity index (χ3v) is 5.40. The van der Waals surface area contributed by atoms with Crippen molar-refractivity contribution in [3.8, 4) is 5.75 Å². The smallest absolute Gasteiger partial charge is 0.290 e. The first-order valence-electron chi connectivity index (χ1n) is 9.26. The Morgan fingerprint density at radius 1 is 1.14 bits per heavy atom. The normalized spacial score (nSPS) is 16.0. The number of fused-ring (bicyclic) bond motifs is 2. The number of hydrogen-bond acceptors (Lipinski definition) is 5. The molecule has 2 heterocycles. The molecule has 1 atom stereocenters. The van der Waals surface area contributed by atoms with E-state index in [9.17, 15) is 9.59 Å². The molecule has 0 saturated carbocycles. The molecule has 2 aromatic carbocycles. The Bertz CT molecular complexity index is 1140.